The molecular weight excluding hydrogens is 372 g/mol. The van der Waals surface area contributed by atoms with E-state index in [0.717, 1.165) is 5.69 Å². The minimum absolute atomic E-state index is 0.113. The highest BCUT2D eigenvalue weighted by Crippen LogP contribution is 2.25. The molecule has 142 valence electrons. The molecule has 1 aliphatic heterocycles. The number of sulfonamides is 1. The lowest BCUT2D eigenvalue weighted by atomic mass is 10.3. The first-order valence-electron chi connectivity index (χ1n) is 8.41. The molecule has 0 aliphatic carbocycles. The number of rotatable bonds is 4. The molecule has 1 fully saturated rings. The molecule has 4 rings (SSSR count). The monoisotopic (exact) mass is 390 g/mol. The van der Waals surface area contributed by atoms with Crippen LogP contribution < -0.4 is 10.5 Å². The molecule has 0 radical (unpaired) electrons. The van der Waals surface area contributed by atoms with Crippen molar-refractivity contribution in [3.8, 4) is 5.88 Å². The molecule has 27 heavy (non-hydrogen) atoms. The van der Waals surface area contributed by atoms with Crippen LogP contribution in [-0.2, 0) is 17.1 Å². The Labute approximate surface area is 155 Å². The lowest BCUT2D eigenvalue weighted by Crippen LogP contribution is -2.31. The Hall–Kier alpha value is -2.72. The van der Waals surface area contributed by atoms with E-state index in [1.807, 2.05) is 6.92 Å². The molecular formula is C17H18N4O5S. The molecule has 0 amide bonds. The Morgan fingerprint density at radius 1 is 1.22 bits per heavy atom. The summed E-state index contributed by atoms with van der Waals surface area (Å²) >= 11 is 0. The predicted molar refractivity (Wildman–Crippen MR) is 96.0 cm³/mol. The van der Waals surface area contributed by atoms with Crippen molar-refractivity contribution in [2.45, 2.75) is 24.3 Å². The summed E-state index contributed by atoms with van der Waals surface area (Å²) in [6.45, 7) is 2.39. The number of aryl methyl sites for hydroxylation is 2. The molecule has 1 aromatic carbocycles. The maximum absolute atomic E-state index is 13.0. The molecule has 0 spiro atoms. The van der Waals surface area contributed by atoms with Gasteiger partial charge in [-0.3, -0.25) is 4.57 Å². The van der Waals surface area contributed by atoms with Gasteiger partial charge in [0, 0.05) is 19.7 Å². The lowest BCUT2D eigenvalue weighted by molar-refractivity contribution is 0.204. The maximum atomic E-state index is 13.0. The van der Waals surface area contributed by atoms with Crippen molar-refractivity contribution < 1.29 is 17.6 Å². The molecule has 3 aromatic rings. The van der Waals surface area contributed by atoms with E-state index in [4.69, 9.17) is 9.15 Å². The van der Waals surface area contributed by atoms with Crippen molar-refractivity contribution in [1.29, 1.82) is 0 Å². The molecule has 0 unspecified atom stereocenters. The fraction of sp³-hybridized carbons (Fsp3) is 0.353. The maximum Gasteiger partial charge on any atom is 0.419 e. The third-order valence-corrected chi connectivity index (χ3v) is 6.43. The molecule has 0 saturated carbocycles. The number of oxazole rings is 1. The van der Waals surface area contributed by atoms with Gasteiger partial charge in [0.05, 0.1) is 22.7 Å². The van der Waals surface area contributed by atoms with E-state index in [-0.39, 0.29) is 17.5 Å². The number of ether oxygens (including phenoxy) is 1. The Balaban J connectivity index is 1.55. The molecule has 1 aliphatic rings. The van der Waals surface area contributed by atoms with E-state index in [9.17, 15) is 13.2 Å². The van der Waals surface area contributed by atoms with Gasteiger partial charge < -0.3 is 9.15 Å². The quantitative estimate of drug-likeness (QED) is 0.656. The number of hydrogen-bond donors (Lipinski definition) is 0. The summed E-state index contributed by atoms with van der Waals surface area (Å²) < 4.78 is 39.4. The molecule has 1 saturated heterocycles. The smallest absolute Gasteiger partial charge is 0.419 e. The molecule has 1 atom stereocenters. The standard InChI is InChI=1S/C17H18N4O5S/c1-11-3-6-16(19-18-11)25-12-7-8-21(10-12)27(23,24)13-4-5-15-14(9-13)20(2)17(22)26-15/h3-6,9,12H,7-8,10H2,1-2H3/t12-/m0/s1. The highest BCUT2D eigenvalue weighted by atomic mass is 32.2. The van der Waals surface area contributed by atoms with Crippen LogP contribution in [0.3, 0.4) is 0 Å². The average molecular weight is 390 g/mol. The van der Waals surface area contributed by atoms with Crippen LogP contribution in [0.2, 0.25) is 0 Å². The van der Waals surface area contributed by atoms with Crippen molar-refractivity contribution in [2.24, 2.45) is 7.05 Å². The second-order valence-electron chi connectivity index (χ2n) is 6.46. The van der Waals surface area contributed by atoms with Gasteiger partial charge in [0.1, 0.15) is 6.10 Å². The third kappa shape index (κ3) is 3.21. The number of nitrogens with zero attached hydrogens (tertiary/aromatic N) is 4. The van der Waals surface area contributed by atoms with E-state index < -0.39 is 15.8 Å². The molecule has 3 heterocycles. The van der Waals surface area contributed by atoms with E-state index in [1.54, 1.807) is 12.1 Å². The summed E-state index contributed by atoms with van der Waals surface area (Å²) in [6, 6.07) is 7.90. The van der Waals surface area contributed by atoms with Gasteiger partial charge >= 0.3 is 5.76 Å². The van der Waals surface area contributed by atoms with Gasteiger partial charge in [0.15, 0.2) is 5.58 Å². The van der Waals surface area contributed by atoms with Crippen molar-refractivity contribution in [1.82, 2.24) is 19.1 Å². The first kappa shape index (κ1) is 17.7. The topological polar surface area (TPSA) is 108 Å². The largest absolute Gasteiger partial charge is 0.472 e. The number of hydrogen-bond acceptors (Lipinski definition) is 7. The molecule has 0 bridgehead atoms. The van der Waals surface area contributed by atoms with Gasteiger partial charge in [0.25, 0.3) is 0 Å². The van der Waals surface area contributed by atoms with Gasteiger partial charge in [0.2, 0.25) is 15.9 Å². The van der Waals surface area contributed by atoms with Gasteiger partial charge in [-0.05, 0) is 37.6 Å². The summed E-state index contributed by atoms with van der Waals surface area (Å²) in [6.07, 6.45) is 0.264. The second kappa shape index (κ2) is 6.46. The number of aromatic nitrogens is 3. The van der Waals surface area contributed by atoms with Crippen LogP contribution in [0, 0.1) is 6.92 Å². The van der Waals surface area contributed by atoms with Crippen LogP contribution in [0.25, 0.3) is 11.1 Å². The van der Waals surface area contributed by atoms with E-state index >= 15 is 0 Å². The SMILES string of the molecule is Cc1ccc(O[C@H]2CCN(S(=O)(=O)c3ccc4oc(=O)n(C)c4c3)C2)nn1. The number of fused-ring (bicyclic) bond motifs is 1. The third-order valence-electron chi connectivity index (χ3n) is 4.57. The Bertz CT molecular complexity index is 1150. The van der Waals surface area contributed by atoms with Crippen LogP contribution in [0.5, 0.6) is 5.88 Å². The molecule has 10 heteroatoms. The summed E-state index contributed by atoms with van der Waals surface area (Å²) in [5.74, 6) is -0.159. The first-order valence-corrected chi connectivity index (χ1v) is 9.85. The first-order chi connectivity index (χ1) is 12.8. The highest BCUT2D eigenvalue weighted by molar-refractivity contribution is 7.89. The Morgan fingerprint density at radius 2 is 2.04 bits per heavy atom. The van der Waals surface area contributed by atoms with E-state index in [0.29, 0.717) is 29.9 Å². The summed E-state index contributed by atoms with van der Waals surface area (Å²) in [5.41, 5.74) is 1.56. The molecule has 9 nitrogen and oxygen atoms in total. The van der Waals surface area contributed by atoms with Crippen molar-refractivity contribution in [3.05, 3.63) is 46.6 Å². The van der Waals surface area contributed by atoms with Crippen LogP contribution in [-0.4, -0.2) is 46.7 Å². The highest BCUT2D eigenvalue weighted by Gasteiger charge is 2.34. The zero-order chi connectivity index (χ0) is 19.2. The van der Waals surface area contributed by atoms with Crippen LogP contribution in [0.4, 0.5) is 0 Å². The van der Waals surface area contributed by atoms with Gasteiger partial charge in [-0.15, -0.1) is 5.10 Å². The fourth-order valence-electron chi connectivity index (χ4n) is 3.05. The van der Waals surface area contributed by atoms with Gasteiger partial charge in [-0.2, -0.15) is 9.40 Å². The molecule has 0 N–H and O–H groups in total. The van der Waals surface area contributed by atoms with Gasteiger partial charge in [-0.1, -0.05) is 0 Å². The van der Waals surface area contributed by atoms with E-state index in [1.165, 1.54) is 34.1 Å². The van der Waals surface area contributed by atoms with Crippen LogP contribution >= 0.6 is 0 Å². The fourth-order valence-corrected chi connectivity index (χ4v) is 4.56. The predicted octanol–water partition coefficient (Wildman–Crippen LogP) is 1.07. The zero-order valence-corrected chi connectivity index (χ0v) is 15.6. The minimum Gasteiger partial charge on any atom is -0.472 e. The average Bonchev–Trinajstić information content (AvgIpc) is 3.22. The van der Waals surface area contributed by atoms with Crippen LogP contribution in [0.15, 0.2) is 44.4 Å². The minimum atomic E-state index is -3.71. The second-order valence-corrected chi connectivity index (χ2v) is 8.40. The summed E-state index contributed by atoms with van der Waals surface area (Å²) in [5, 5.41) is 7.88. The van der Waals surface area contributed by atoms with Gasteiger partial charge in [-0.25, -0.2) is 13.2 Å². The van der Waals surface area contributed by atoms with Crippen molar-refractivity contribution in [3.63, 3.8) is 0 Å². The Morgan fingerprint density at radius 3 is 2.78 bits per heavy atom. The van der Waals surface area contributed by atoms with Crippen LogP contribution in [0.1, 0.15) is 12.1 Å². The van der Waals surface area contributed by atoms with E-state index in [2.05, 4.69) is 10.2 Å². The molecule has 2 aromatic heterocycles. The van der Waals surface area contributed by atoms with Crippen molar-refractivity contribution in [2.75, 3.05) is 13.1 Å². The zero-order valence-electron chi connectivity index (χ0n) is 14.8. The van der Waals surface area contributed by atoms with Crippen molar-refractivity contribution >= 4 is 21.1 Å². The number of benzene rings is 1. The lowest BCUT2D eigenvalue weighted by Gasteiger charge is -2.17. The normalized spacial score (nSPS) is 18.2. The Kier molecular flexibility index (Phi) is 4.23. The summed E-state index contributed by atoms with van der Waals surface area (Å²) in [4.78, 5) is 11.7. The summed E-state index contributed by atoms with van der Waals surface area (Å²) in [7, 11) is -2.17.